The Kier molecular flexibility index (Phi) is 4.20. The van der Waals surface area contributed by atoms with Crippen LogP contribution >= 0.6 is 11.6 Å². The van der Waals surface area contributed by atoms with Gasteiger partial charge in [0.1, 0.15) is 0 Å². The number of anilines is 1. The zero-order valence-corrected chi connectivity index (χ0v) is 12.9. The molecular formula is C18H11ClF3NO. The molecule has 0 bridgehead atoms. The van der Waals surface area contributed by atoms with E-state index in [1.54, 1.807) is 18.2 Å². The summed E-state index contributed by atoms with van der Waals surface area (Å²) in [4.78, 5) is 12.3. The largest absolute Gasteiger partial charge is 0.416 e. The molecule has 2 nitrogen and oxygen atoms in total. The highest BCUT2D eigenvalue weighted by Gasteiger charge is 2.31. The smallest absolute Gasteiger partial charge is 0.321 e. The maximum absolute atomic E-state index is 12.6. The number of hydrogen-bond acceptors (Lipinski definition) is 1. The van der Waals surface area contributed by atoms with Gasteiger partial charge in [0.05, 0.1) is 16.3 Å². The molecule has 0 heterocycles. The minimum atomic E-state index is -4.48. The molecule has 6 heteroatoms. The van der Waals surface area contributed by atoms with Crippen LogP contribution in [-0.2, 0) is 6.18 Å². The van der Waals surface area contributed by atoms with E-state index in [0.29, 0.717) is 5.56 Å². The van der Waals surface area contributed by atoms with Gasteiger partial charge in [-0.1, -0.05) is 41.9 Å². The first-order chi connectivity index (χ1) is 11.3. The number of nitrogens with one attached hydrogen (secondary N) is 1. The van der Waals surface area contributed by atoms with E-state index in [1.165, 1.54) is 0 Å². The summed E-state index contributed by atoms with van der Waals surface area (Å²) >= 11 is 5.85. The van der Waals surface area contributed by atoms with Gasteiger partial charge < -0.3 is 5.32 Å². The number of fused-ring (bicyclic) bond motifs is 1. The first-order valence-corrected chi connectivity index (χ1v) is 7.39. The fraction of sp³-hybridized carbons (Fsp3) is 0.0556. The van der Waals surface area contributed by atoms with Gasteiger partial charge in [-0.25, -0.2) is 0 Å². The number of halogens is 4. The van der Waals surface area contributed by atoms with Crippen molar-refractivity contribution in [2.45, 2.75) is 6.18 Å². The highest BCUT2D eigenvalue weighted by Crippen LogP contribution is 2.33. The molecule has 0 fully saturated rings. The van der Waals surface area contributed by atoms with Crippen molar-refractivity contribution in [3.8, 4) is 0 Å². The average Bonchev–Trinajstić information content (AvgIpc) is 2.55. The fourth-order valence-electron chi connectivity index (χ4n) is 2.32. The zero-order chi connectivity index (χ0) is 17.3. The topological polar surface area (TPSA) is 29.1 Å². The van der Waals surface area contributed by atoms with Crippen molar-refractivity contribution in [2.75, 3.05) is 5.32 Å². The number of rotatable bonds is 2. The van der Waals surface area contributed by atoms with E-state index in [1.807, 2.05) is 24.3 Å². The van der Waals surface area contributed by atoms with Crippen molar-refractivity contribution in [1.29, 1.82) is 0 Å². The third kappa shape index (κ3) is 3.36. The molecule has 3 aromatic rings. The normalized spacial score (nSPS) is 11.5. The van der Waals surface area contributed by atoms with Gasteiger partial charge in [-0.3, -0.25) is 4.79 Å². The lowest BCUT2D eigenvalue weighted by Crippen LogP contribution is -2.13. The predicted molar refractivity (Wildman–Crippen MR) is 88.4 cm³/mol. The van der Waals surface area contributed by atoms with E-state index in [2.05, 4.69) is 5.32 Å². The first kappa shape index (κ1) is 16.3. The van der Waals surface area contributed by atoms with Gasteiger partial charge in [0, 0.05) is 5.56 Å². The monoisotopic (exact) mass is 349 g/mol. The Labute approximate surface area is 140 Å². The number of hydrogen-bond donors (Lipinski definition) is 1. The van der Waals surface area contributed by atoms with Crippen molar-refractivity contribution in [2.24, 2.45) is 0 Å². The average molecular weight is 350 g/mol. The van der Waals surface area contributed by atoms with Crippen LogP contribution in [0.4, 0.5) is 18.9 Å². The van der Waals surface area contributed by atoms with Crippen LogP contribution in [-0.4, -0.2) is 5.91 Å². The highest BCUT2D eigenvalue weighted by molar-refractivity contribution is 6.34. The van der Waals surface area contributed by atoms with Crippen molar-refractivity contribution in [3.05, 3.63) is 76.8 Å². The molecule has 1 amide bonds. The second kappa shape index (κ2) is 6.17. The molecule has 0 aliphatic carbocycles. The number of alkyl halides is 3. The fourth-order valence-corrected chi connectivity index (χ4v) is 2.55. The standard InChI is InChI=1S/C18H11ClF3NO/c19-15-10-14(18(20,21)22)7-8-16(15)23-17(24)13-6-5-11-3-1-2-4-12(11)9-13/h1-10H,(H,23,24). The molecular weight excluding hydrogens is 339 g/mol. The summed E-state index contributed by atoms with van der Waals surface area (Å²) in [7, 11) is 0. The maximum Gasteiger partial charge on any atom is 0.416 e. The molecule has 0 spiro atoms. The van der Waals surface area contributed by atoms with E-state index >= 15 is 0 Å². The van der Waals surface area contributed by atoms with E-state index < -0.39 is 17.6 Å². The lowest BCUT2D eigenvalue weighted by molar-refractivity contribution is -0.137. The Balaban J connectivity index is 1.86. The van der Waals surface area contributed by atoms with Crippen LogP contribution in [0, 0.1) is 0 Å². The summed E-state index contributed by atoms with van der Waals surface area (Å²) < 4.78 is 37.9. The lowest BCUT2D eigenvalue weighted by atomic mass is 10.1. The van der Waals surface area contributed by atoms with Crippen molar-refractivity contribution >= 4 is 34.0 Å². The lowest BCUT2D eigenvalue weighted by Gasteiger charge is -2.11. The third-order valence-corrected chi connectivity index (χ3v) is 3.87. The van der Waals surface area contributed by atoms with E-state index in [4.69, 9.17) is 11.6 Å². The van der Waals surface area contributed by atoms with E-state index in [9.17, 15) is 18.0 Å². The van der Waals surface area contributed by atoms with Gasteiger partial charge in [-0.05, 0) is 41.1 Å². The summed E-state index contributed by atoms with van der Waals surface area (Å²) in [5.41, 5.74) is -0.344. The summed E-state index contributed by atoms with van der Waals surface area (Å²) in [5, 5.41) is 4.24. The van der Waals surface area contributed by atoms with Gasteiger partial charge >= 0.3 is 6.18 Å². The summed E-state index contributed by atoms with van der Waals surface area (Å²) in [6.07, 6.45) is -4.48. The summed E-state index contributed by atoms with van der Waals surface area (Å²) in [5.74, 6) is -0.442. The van der Waals surface area contributed by atoms with Crippen LogP contribution in [0.1, 0.15) is 15.9 Å². The van der Waals surface area contributed by atoms with Crippen molar-refractivity contribution < 1.29 is 18.0 Å². The molecule has 3 rings (SSSR count). The van der Waals surface area contributed by atoms with Crippen molar-refractivity contribution in [3.63, 3.8) is 0 Å². The summed E-state index contributed by atoms with van der Waals surface area (Å²) in [6, 6.07) is 15.5. The van der Waals surface area contributed by atoms with Crippen LogP contribution in [0.5, 0.6) is 0 Å². The molecule has 1 N–H and O–H groups in total. The van der Waals surface area contributed by atoms with Gasteiger partial charge in [0.25, 0.3) is 5.91 Å². The van der Waals surface area contributed by atoms with E-state index in [0.717, 1.165) is 29.0 Å². The molecule has 24 heavy (non-hydrogen) atoms. The summed E-state index contributed by atoms with van der Waals surface area (Å²) in [6.45, 7) is 0. The SMILES string of the molecule is O=C(Nc1ccc(C(F)(F)F)cc1Cl)c1ccc2ccccc2c1. The van der Waals surface area contributed by atoms with Crippen LogP contribution in [0.15, 0.2) is 60.7 Å². The molecule has 0 radical (unpaired) electrons. The van der Waals surface area contributed by atoms with Crippen LogP contribution < -0.4 is 5.32 Å². The Hall–Kier alpha value is -2.53. The number of carbonyl (C=O) groups is 1. The quantitative estimate of drug-likeness (QED) is 0.625. The molecule has 0 unspecified atom stereocenters. The Bertz CT molecular complexity index is 922. The molecule has 0 saturated heterocycles. The number of benzene rings is 3. The molecule has 0 aliphatic rings. The van der Waals surface area contributed by atoms with E-state index in [-0.39, 0.29) is 10.7 Å². The molecule has 0 saturated carbocycles. The second-order valence-electron chi connectivity index (χ2n) is 5.21. The van der Waals surface area contributed by atoms with Crippen LogP contribution in [0.3, 0.4) is 0 Å². The second-order valence-corrected chi connectivity index (χ2v) is 5.62. The van der Waals surface area contributed by atoms with Crippen LogP contribution in [0.2, 0.25) is 5.02 Å². The predicted octanol–water partition coefficient (Wildman–Crippen LogP) is 5.76. The van der Waals surface area contributed by atoms with Gasteiger partial charge in [0.15, 0.2) is 0 Å². The van der Waals surface area contributed by atoms with Gasteiger partial charge in [-0.15, -0.1) is 0 Å². The minimum absolute atomic E-state index is 0.128. The number of carbonyl (C=O) groups excluding carboxylic acids is 1. The number of amides is 1. The molecule has 3 aromatic carbocycles. The van der Waals surface area contributed by atoms with Crippen LogP contribution in [0.25, 0.3) is 10.8 Å². The first-order valence-electron chi connectivity index (χ1n) is 7.01. The minimum Gasteiger partial charge on any atom is -0.321 e. The molecule has 0 aromatic heterocycles. The Morgan fingerprint density at radius 2 is 1.62 bits per heavy atom. The molecule has 0 aliphatic heterocycles. The van der Waals surface area contributed by atoms with Gasteiger partial charge in [-0.2, -0.15) is 13.2 Å². The third-order valence-electron chi connectivity index (χ3n) is 3.56. The molecule has 122 valence electrons. The van der Waals surface area contributed by atoms with Gasteiger partial charge in [0.2, 0.25) is 0 Å². The van der Waals surface area contributed by atoms with Crippen molar-refractivity contribution in [1.82, 2.24) is 0 Å². The molecule has 0 atom stereocenters. The Morgan fingerprint density at radius 1 is 0.917 bits per heavy atom. The Morgan fingerprint density at radius 3 is 2.29 bits per heavy atom. The highest BCUT2D eigenvalue weighted by atomic mass is 35.5. The maximum atomic E-state index is 12.6. The zero-order valence-electron chi connectivity index (χ0n) is 12.2.